The van der Waals surface area contributed by atoms with Gasteiger partial charge in [0.2, 0.25) is 0 Å². The molecule has 6 nitrogen and oxygen atoms in total. The van der Waals surface area contributed by atoms with E-state index in [0.717, 1.165) is 37.3 Å². The number of aliphatic imine (C=N–C) groups is 1. The molecule has 0 amide bonds. The fourth-order valence-electron chi connectivity index (χ4n) is 3.85. The van der Waals surface area contributed by atoms with Crippen molar-refractivity contribution in [1.82, 2.24) is 20.5 Å². The van der Waals surface area contributed by atoms with Crippen molar-refractivity contribution in [3.05, 3.63) is 59.3 Å². The fourth-order valence-corrected chi connectivity index (χ4v) is 3.85. The number of likely N-dealkylation sites (N-methyl/N-ethyl adjacent to an activating group) is 1. The summed E-state index contributed by atoms with van der Waals surface area (Å²) in [7, 11) is 5.32. The minimum atomic E-state index is -0.541. The predicted molar refractivity (Wildman–Crippen MR) is 137 cm³/mol. The van der Waals surface area contributed by atoms with Crippen LogP contribution in [-0.2, 0) is 0 Å². The lowest BCUT2D eigenvalue weighted by atomic mass is 10.0. The highest BCUT2D eigenvalue weighted by molar-refractivity contribution is 14.0. The summed E-state index contributed by atoms with van der Waals surface area (Å²) in [5.74, 6) is 0.559. The number of nitrogens with one attached hydrogen (secondary N) is 2. The second-order valence-electron chi connectivity index (χ2n) is 8.17. The molecule has 2 heterocycles. The summed E-state index contributed by atoms with van der Waals surface area (Å²) in [6, 6.07) is 7.92. The van der Waals surface area contributed by atoms with Gasteiger partial charge in [0, 0.05) is 44.5 Å². The molecule has 2 aromatic rings. The van der Waals surface area contributed by atoms with Crippen molar-refractivity contribution in [3.63, 3.8) is 0 Å². The highest BCUT2D eigenvalue weighted by atomic mass is 127. The molecule has 1 fully saturated rings. The maximum Gasteiger partial charge on any atom is 0.191 e. The van der Waals surface area contributed by atoms with Crippen LogP contribution in [0.2, 0.25) is 0 Å². The number of hydrogen-bond acceptors (Lipinski definition) is 4. The molecule has 1 aromatic heterocycles. The number of benzene rings is 1. The van der Waals surface area contributed by atoms with Crippen LogP contribution >= 0.6 is 24.0 Å². The van der Waals surface area contributed by atoms with E-state index < -0.39 is 17.7 Å². The first-order chi connectivity index (χ1) is 14.9. The summed E-state index contributed by atoms with van der Waals surface area (Å²) in [5.41, 5.74) is 1.22. The van der Waals surface area contributed by atoms with Gasteiger partial charge in [-0.05, 0) is 57.6 Å². The number of hydrogen-bond donors (Lipinski definition) is 2. The summed E-state index contributed by atoms with van der Waals surface area (Å²) in [6.07, 6.45) is 3.80. The normalized spacial score (nSPS) is 16.0. The number of guanidine groups is 1. The van der Waals surface area contributed by atoms with Gasteiger partial charge in [-0.25, -0.2) is 13.8 Å². The van der Waals surface area contributed by atoms with Crippen LogP contribution in [0.5, 0.6) is 0 Å². The number of piperidine rings is 1. The van der Waals surface area contributed by atoms with Gasteiger partial charge in [0.05, 0.1) is 6.04 Å². The third kappa shape index (κ3) is 6.74. The standard InChI is InChI=1S/C23H32F2N6.HI/c1-16-8-9-21(27-14-16)31-12-10-17(11-13-31)29-23(26-2)28-15-20(30(3)4)22-18(24)6-5-7-19(22)25;/h5-9,14,17,20H,10-13,15H2,1-4H3,(H2,26,28,29);1H. The third-order valence-corrected chi connectivity index (χ3v) is 5.70. The topological polar surface area (TPSA) is 55.8 Å². The maximum atomic E-state index is 14.3. The molecule has 0 bridgehead atoms. The largest absolute Gasteiger partial charge is 0.356 e. The van der Waals surface area contributed by atoms with E-state index in [9.17, 15) is 8.78 Å². The Bertz CT molecular complexity index is 862. The van der Waals surface area contributed by atoms with Crippen LogP contribution in [0.25, 0.3) is 0 Å². The van der Waals surface area contributed by atoms with Crippen molar-refractivity contribution in [2.24, 2.45) is 4.99 Å². The maximum absolute atomic E-state index is 14.3. The minimum Gasteiger partial charge on any atom is -0.356 e. The van der Waals surface area contributed by atoms with Crippen LogP contribution in [0.15, 0.2) is 41.5 Å². The molecule has 1 aromatic carbocycles. The van der Waals surface area contributed by atoms with Crippen molar-refractivity contribution >= 4 is 35.8 Å². The molecule has 1 unspecified atom stereocenters. The van der Waals surface area contributed by atoms with Crippen molar-refractivity contribution in [2.45, 2.75) is 31.8 Å². The zero-order valence-corrected chi connectivity index (χ0v) is 21.4. The van der Waals surface area contributed by atoms with Crippen LogP contribution in [0.4, 0.5) is 14.6 Å². The number of pyridine rings is 1. The number of aromatic nitrogens is 1. The van der Waals surface area contributed by atoms with Crippen LogP contribution < -0.4 is 15.5 Å². The molecule has 3 rings (SSSR count). The Balaban J connectivity index is 0.00000363. The van der Waals surface area contributed by atoms with Crippen LogP contribution in [-0.4, -0.2) is 62.7 Å². The number of anilines is 1. The van der Waals surface area contributed by atoms with Gasteiger partial charge in [0.25, 0.3) is 0 Å². The first-order valence-corrected chi connectivity index (χ1v) is 10.6. The molecule has 32 heavy (non-hydrogen) atoms. The van der Waals surface area contributed by atoms with Gasteiger partial charge in [-0.2, -0.15) is 0 Å². The molecule has 9 heteroatoms. The SMILES string of the molecule is CN=C(NCC(c1c(F)cccc1F)N(C)C)NC1CCN(c2ccc(C)cn2)CC1.I. The number of halogens is 3. The minimum absolute atomic E-state index is 0. The molecular formula is C23H33F2IN6. The van der Waals surface area contributed by atoms with Crippen molar-refractivity contribution in [3.8, 4) is 0 Å². The lowest BCUT2D eigenvalue weighted by Gasteiger charge is -2.34. The Morgan fingerprint density at radius 1 is 1.19 bits per heavy atom. The second kappa shape index (κ2) is 12.3. The Labute approximate surface area is 206 Å². The van der Waals surface area contributed by atoms with Crippen LogP contribution in [0, 0.1) is 18.6 Å². The van der Waals surface area contributed by atoms with Gasteiger partial charge in [0.15, 0.2) is 5.96 Å². The van der Waals surface area contributed by atoms with E-state index in [-0.39, 0.29) is 35.6 Å². The summed E-state index contributed by atoms with van der Waals surface area (Å²) in [6.45, 7) is 4.18. The van der Waals surface area contributed by atoms with E-state index in [2.05, 4.69) is 37.6 Å². The molecule has 0 spiro atoms. The van der Waals surface area contributed by atoms with Gasteiger partial charge < -0.3 is 20.4 Å². The Morgan fingerprint density at radius 3 is 2.38 bits per heavy atom. The second-order valence-corrected chi connectivity index (χ2v) is 8.17. The van der Waals surface area contributed by atoms with E-state index in [1.54, 1.807) is 11.9 Å². The first-order valence-electron chi connectivity index (χ1n) is 10.6. The number of rotatable bonds is 6. The Kier molecular flexibility index (Phi) is 10.1. The molecule has 0 radical (unpaired) electrons. The molecule has 2 N–H and O–H groups in total. The molecule has 1 aliphatic rings. The average Bonchev–Trinajstić information content (AvgIpc) is 2.75. The summed E-state index contributed by atoms with van der Waals surface area (Å²) in [4.78, 5) is 12.9. The zero-order valence-electron chi connectivity index (χ0n) is 19.1. The zero-order chi connectivity index (χ0) is 22.4. The first kappa shape index (κ1) is 26.2. The summed E-state index contributed by atoms with van der Waals surface area (Å²) >= 11 is 0. The van der Waals surface area contributed by atoms with Gasteiger partial charge in [0.1, 0.15) is 17.5 Å². The molecule has 1 atom stereocenters. The summed E-state index contributed by atoms with van der Waals surface area (Å²) in [5, 5.41) is 6.69. The molecule has 0 saturated carbocycles. The van der Waals surface area contributed by atoms with E-state index >= 15 is 0 Å². The Hall–Kier alpha value is -2.01. The van der Waals surface area contributed by atoms with Gasteiger partial charge in [-0.15, -0.1) is 24.0 Å². The van der Waals surface area contributed by atoms with Gasteiger partial charge >= 0.3 is 0 Å². The Morgan fingerprint density at radius 2 is 1.84 bits per heavy atom. The third-order valence-electron chi connectivity index (χ3n) is 5.70. The highest BCUT2D eigenvalue weighted by Crippen LogP contribution is 2.24. The number of nitrogens with zero attached hydrogens (tertiary/aromatic N) is 4. The highest BCUT2D eigenvalue weighted by Gasteiger charge is 2.24. The van der Waals surface area contributed by atoms with Crippen LogP contribution in [0.3, 0.4) is 0 Å². The fraction of sp³-hybridized carbons (Fsp3) is 0.478. The van der Waals surface area contributed by atoms with Crippen molar-refractivity contribution in [2.75, 3.05) is 45.7 Å². The summed E-state index contributed by atoms with van der Waals surface area (Å²) < 4.78 is 28.6. The van der Waals surface area contributed by atoms with Gasteiger partial charge in [-0.1, -0.05) is 12.1 Å². The number of aryl methyl sites for hydroxylation is 1. The van der Waals surface area contributed by atoms with E-state index in [4.69, 9.17) is 0 Å². The van der Waals surface area contributed by atoms with E-state index in [1.807, 2.05) is 27.2 Å². The molecule has 1 aliphatic heterocycles. The lowest BCUT2D eigenvalue weighted by molar-refractivity contribution is 0.282. The molecule has 176 valence electrons. The van der Waals surface area contributed by atoms with E-state index in [0.29, 0.717) is 12.5 Å². The average molecular weight is 558 g/mol. The molecular weight excluding hydrogens is 525 g/mol. The quantitative estimate of drug-likeness (QED) is 0.322. The molecule has 1 saturated heterocycles. The predicted octanol–water partition coefficient (Wildman–Crippen LogP) is 3.72. The van der Waals surface area contributed by atoms with Crippen molar-refractivity contribution in [1.29, 1.82) is 0 Å². The lowest BCUT2D eigenvalue weighted by Crippen LogP contribution is -2.50. The van der Waals surface area contributed by atoms with Crippen molar-refractivity contribution < 1.29 is 8.78 Å². The monoisotopic (exact) mass is 558 g/mol. The van der Waals surface area contributed by atoms with Gasteiger partial charge in [-0.3, -0.25) is 4.99 Å². The smallest absolute Gasteiger partial charge is 0.191 e. The molecule has 0 aliphatic carbocycles. The van der Waals surface area contributed by atoms with Crippen LogP contribution in [0.1, 0.15) is 30.0 Å². The van der Waals surface area contributed by atoms with E-state index in [1.165, 1.54) is 18.2 Å².